The van der Waals surface area contributed by atoms with Crippen molar-refractivity contribution in [2.45, 2.75) is 0 Å². The van der Waals surface area contributed by atoms with Crippen molar-refractivity contribution in [2.75, 3.05) is 4.90 Å². The maximum Gasteiger partial charge on any atom is 0.143 e. The Balaban J connectivity index is 1.13. The number of anilines is 3. The smallest absolute Gasteiger partial charge is 0.143 e. The van der Waals surface area contributed by atoms with E-state index in [1.165, 1.54) is 43.4 Å². The molecular formula is C48H31NO. The maximum atomic E-state index is 6.40. The summed E-state index contributed by atoms with van der Waals surface area (Å²) in [6.45, 7) is 0. The monoisotopic (exact) mass is 637 g/mol. The second kappa shape index (κ2) is 11.5. The predicted molar refractivity (Wildman–Crippen MR) is 212 cm³/mol. The summed E-state index contributed by atoms with van der Waals surface area (Å²) in [4.78, 5) is 2.37. The van der Waals surface area contributed by atoms with E-state index in [1.807, 2.05) is 12.1 Å². The molecule has 10 rings (SSSR count). The van der Waals surface area contributed by atoms with Crippen LogP contribution in [0, 0.1) is 0 Å². The predicted octanol–water partition coefficient (Wildman–Crippen LogP) is 13.8. The molecule has 50 heavy (non-hydrogen) atoms. The number of hydrogen-bond acceptors (Lipinski definition) is 2. The topological polar surface area (TPSA) is 16.4 Å². The average molecular weight is 638 g/mol. The van der Waals surface area contributed by atoms with Crippen LogP contribution in [0.3, 0.4) is 0 Å². The van der Waals surface area contributed by atoms with Gasteiger partial charge in [-0.15, -0.1) is 0 Å². The minimum atomic E-state index is 0.910. The fourth-order valence-corrected chi connectivity index (χ4v) is 7.63. The first-order chi connectivity index (χ1) is 24.8. The van der Waals surface area contributed by atoms with E-state index in [-0.39, 0.29) is 0 Å². The van der Waals surface area contributed by atoms with Gasteiger partial charge in [-0.2, -0.15) is 0 Å². The van der Waals surface area contributed by atoms with Crippen molar-refractivity contribution >= 4 is 71.3 Å². The molecule has 9 aromatic carbocycles. The molecule has 2 nitrogen and oxygen atoms in total. The van der Waals surface area contributed by atoms with Gasteiger partial charge in [0, 0.05) is 33.4 Å². The summed E-state index contributed by atoms with van der Waals surface area (Å²) < 4.78 is 6.40. The summed E-state index contributed by atoms with van der Waals surface area (Å²) in [7, 11) is 0. The molecule has 234 valence electrons. The van der Waals surface area contributed by atoms with Crippen molar-refractivity contribution in [1.82, 2.24) is 0 Å². The molecule has 0 amide bonds. The highest BCUT2D eigenvalue weighted by atomic mass is 16.3. The molecular weight excluding hydrogens is 607 g/mol. The summed E-state index contributed by atoms with van der Waals surface area (Å²) >= 11 is 0. The van der Waals surface area contributed by atoms with Crippen LogP contribution in [0.15, 0.2) is 192 Å². The largest absolute Gasteiger partial charge is 0.455 e. The van der Waals surface area contributed by atoms with Gasteiger partial charge in [0.25, 0.3) is 0 Å². The highest BCUT2D eigenvalue weighted by Gasteiger charge is 2.17. The zero-order valence-electron chi connectivity index (χ0n) is 27.3. The molecule has 0 aliphatic rings. The van der Waals surface area contributed by atoms with Crippen LogP contribution in [-0.2, 0) is 0 Å². The van der Waals surface area contributed by atoms with Crippen molar-refractivity contribution in [2.24, 2.45) is 0 Å². The summed E-state index contributed by atoms with van der Waals surface area (Å²) in [6.07, 6.45) is 0. The molecule has 0 aliphatic carbocycles. The summed E-state index contributed by atoms with van der Waals surface area (Å²) in [6, 6.07) is 67.6. The molecule has 0 unspecified atom stereocenters. The number of furan rings is 1. The number of hydrogen-bond donors (Lipinski definition) is 0. The minimum Gasteiger partial charge on any atom is -0.455 e. The Morgan fingerprint density at radius 1 is 0.320 bits per heavy atom. The van der Waals surface area contributed by atoms with Crippen molar-refractivity contribution < 1.29 is 4.42 Å². The van der Waals surface area contributed by atoms with Crippen LogP contribution in [0.4, 0.5) is 17.1 Å². The molecule has 0 fully saturated rings. The molecule has 1 aromatic heterocycles. The van der Waals surface area contributed by atoms with Crippen LogP contribution in [0.25, 0.3) is 76.5 Å². The van der Waals surface area contributed by atoms with Crippen LogP contribution < -0.4 is 4.90 Å². The molecule has 0 aliphatic heterocycles. The van der Waals surface area contributed by atoms with Gasteiger partial charge in [-0.05, 0) is 97.5 Å². The average Bonchev–Trinajstić information content (AvgIpc) is 3.57. The van der Waals surface area contributed by atoms with Gasteiger partial charge in [0.05, 0.1) is 0 Å². The highest BCUT2D eigenvalue weighted by molar-refractivity contribution is 6.14. The Kier molecular flexibility index (Phi) is 6.53. The fraction of sp³-hybridized carbons (Fsp3) is 0. The van der Waals surface area contributed by atoms with E-state index < -0.39 is 0 Å². The van der Waals surface area contributed by atoms with Crippen LogP contribution in [0.2, 0.25) is 0 Å². The van der Waals surface area contributed by atoms with E-state index in [0.717, 1.165) is 50.1 Å². The van der Waals surface area contributed by atoms with Gasteiger partial charge in [0.15, 0.2) is 0 Å². The lowest BCUT2D eigenvalue weighted by Gasteiger charge is -2.27. The maximum absolute atomic E-state index is 6.40. The molecule has 0 spiro atoms. The Morgan fingerprint density at radius 3 is 1.82 bits per heavy atom. The number of rotatable bonds is 5. The Labute approximate surface area is 290 Å². The highest BCUT2D eigenvalue weighted by Crippen LogP contribution is 2.42. The number of nitrogens with zero attached hydrogens (tertiary/aromatic N) is 1. The normalized spacial score (nSPS) is 11.6. The number of benzene rings is 9. The zero-order chi connectivity index (χ0) is 33.0. The van der Waals surface area contributed by atoms with Crippen molar-refractivity contribution in [1.29, 1.82) is 0 Å². The van der Waals surface area contributed by atoms with Crippen molar-refractivity contribution in [3.05, 3.63) is 188 Å². The molecule has 2 heteroatoms. The standard InChI is InChI=1S/C48H31NO/c1-2-12-34-29-39(28-23-32(34)11-1)49(37-26-24-33(25-27-37)41-20-10-21-45-44-19-7-8-22-47(44)50-48(41)45)38-15-9-14-35(30-38)46-31-36-13-3-4-16-40(36)42-17-5-6-18-43(42)46/h1-31H. The molecule has 0 atom stereocenters. The van der Waals surface area contributed by atoms with E-state index in [0.29, 0.717) is 0 Å². The molecule has 0 bridgehead atoms. The summed E-state index contributed by atoms with van der Waals surface area (Å²) in [5.41, 5.74) is 9.74. The molecule has 1 heterocycles. The van der Waals surface area contributed by atoms with Gasteiger partial charge in [0.2, 0.25) is 0 Å². The van der Waals surface area contributed by atoms with Gasteiger partial charge < -0.3 is 9.32 Å². The third kappa shape index (κ3) is 4.65. The minimum absolute atomic E-state index is 0.910. The van der Waals surface area contributed by atoms with Crippen molar-refractivity contribution in [3.63, 3.8) is 0 Å². The second-order valence-electron chi connectivity index (χ2n) is 12.9. The molecule has 0 saturated carbocycles. The first kappa shape index (κ1) is 28.4. The molecule has 0 saturated heterocycles. The third-order valence-corrected chi connectivity index (χ3v) is 10.0. The number of para-hydroxylation sites is 2. The van der Waals surface area contributed by atoms with Gasteiger partial charge in [-0.3, -0.25) is 0 Å². The lowest BCUT2D eigenvalue weighted by atomic mass is 9.93. The fourth-order valence-electron chi connectivity index (χ4n) is 7.63. The van der Waals surface area contributed by atoms with E-state index in [4.69, 9.17) is 4.42 Å². The summed E-state index contributed by atoms with van der Waals surface area (Å²) in [5, 5.41) is 9.76. The first-order valence-electron chi connectivity index (χ1n) is 17.1. The van der Waals surface area contributed by atoms with Crippen LogP contribution in [0.5, 0.6) is 0 Å². The second-order valence-corrected chi connectivity index (χ2v) is 12.9. The van der Waals surface area contributed by atoms with E-state index >= 15 is 0 Å². The first-order valence-corrected chi connectivity index (χ1v) is 17.1. The quantitative estimate of drug-likeness (QED) is 0.175. The van der Waals surface area contributed by atoms with Crippen molar-refractivity contribution in [3.8, 4) is 22.3 Å². The van der Waals surface area contributed by atoms with E-state index in [2.05, 4.69) is 181 Å². The Hall–Kier alpha value is -6.64. The van der Waals surface area contributed by atoms with Gasteiger partial charge in [0.1, 0.15) is 11.2 Å². The van der Waals surface area contributed by atoms with Gasteiger partial charge in [-0.25, -0.2) is 0 Å². The lowest BCUT2D eigenvalue weighted by molar-refractivity contribution is 0.670. The summed E-state index contributed by atoms with van der Waals surface area (Å²) in [5.74, 6) is 0. The molecule has 0 radical (unpaired) electrons. The van der Waals surface area contributed by atoms with E-state index in [9.17, 15) is 0 Å². The van der Waals surface area contributed by atoms with Gasteiger partial charge >= 0.3 is 0 Å². The SMILES string of the molecule is c1cc(-c2cc3ccccc3c3ccccc23)cc(N(c2ccc(-c3cccc4c3oc3ccccc34)cc2)c2ccc3ccccc3c2)c1. The van der Waals surface area contributed by atoms with E-state index in [1.54, 1.807) is 0 Å². The molecule has 10 aromatic rings. The van der Waals surface area contributed by atoms with Crippen LogP contribution >= 0.6 is 0 Å². The van der Waals surface area contributed by atoms with Crippen LogP contribution in [0.1, 0.15) is 0 Å². The lowest BCUT2D eigenvalue weighted by Crippen LogP contribution is -2.10. The van der Waals surface area contributed by atoms with Crippen LogP contribution in [-0.4, -0.2) is 0 Å². The number of fused-ring (bicyclic) bond motifs is 7. The zero-order valence-corrected chi connectivity index (χ0v) is 27.3. The van der Waals surface area contributed by atoms with Gasteiger partial charge in [-0.1, -0.05) is 140 Å². The molecule has 0 N–H and O–H groups in total. The third-order valence-electron chi connectivity index (χ3n) is 10.0. The Morgan fingerprint density at radius 2 is 0.960 bits per heavy atom. The Bertz CT molecular complexity index is 2880.